The molecule has 1 saturated carbocycles. The minimum atomic E-state index is 0.893. The van der Waals surface area contributed by atoms with Gasteiger partial charge in [-0.2, -0.15) is 0 Å². The van der Waals surface area contributed by atoms with Crippen LogP contribution in [0.5, 0.6) is 0 Å². The van der Waals surface area contributed by atoms with Crippen LogP contribution >= 0.6 is 11.3 Å². The van der Waals surface area contributed by atoms with Gasteiger partial charge in [-0.3, -0.25) is 0 Å². The monoisotopic (exact) mass is 230 g/mol. The zero-order chi connectivity index (χ0) is 10.8. The number of nitrogens with zero attached hydrogens (tertiary/aromatic N) is 1. The number of rotatable bonds is 4. The van der Waals surface area contributed by atoms with Crippen LogP contribution in [0.25, 0.3) is 11.3 Å². The molecule has 0 saturated heterocycles. The summed E-state index contributed by atoms with van der Waals surface area (Å²) in [4.78, 5) is 4.59. The third-order valence-electron chi connectivity index (χ3n) is 2.81. The van der Waals surface area contributed by atoms with E-state index in [9.17, 15) is 0 Å². The van der Waals surface area contributed by atoms with Crippen LogP contribution in [0.3, 0.4) is 0 Å². The molecular formula is C13H14N2S. The summed E-state index contributed by atoms with van der Waals surface area (Å²) in [5.41, 5.74) is 2.27. The molecule has 0 radical (unpaired) electrons. The lowest BCUT2D eigenvalue weighted by molar-refractivity contribution is 0.887. The van der Waals surface area contributed by atoms with Gasteiger partial charge in [0, 0.05) is 17.5 Å². The molecule has 2 aromatic rings. The lowest BCUT2D eigenvalue weighted by Gasteiger charge is -1.99. The maximum absolute atomic E-state index is 4.59. The van der Waals surface area contributed by atoms with Crippen LogP contribution in [-0.4, -0.2) is 11.5 Å². The van der Waals surface area contributed by atoms with E-state index >= 15 is 0 Å². The summed E-state index contributed by atoms with van der Waals surface area (Å²) in [6.07, 6.45) is 2.76. The highest BCUT2D eigenvalue weighted by Crippen LogP contribution is 2.30. The lowest BCUT2D eigenvalue weighted by atomic mass is 10.2. The number of hydrogen-bond acceptors (Lipinski definition) is 3. The van der Waals surface area contributed by atoms with Crippen molar-refractivity contribution < 1.29 is 0 Å². The molecule has 3 heteroatoms. The molecule has 0 unspecified atom stereocenters. The molecule has 1 aliphatic rings. The molecule has 2 nitrogen and oxygen atoms in total. The Hall–Kier alpha value is -1.35. The van der Waals surface area contributed by atoms with Gasteiger partial charge in [0.15, 0.2) is 5.13 Å². The van der Waals surface area contributed by atoms with E-state index < -0.39 is 0 Å². The van der Waals surface area contributed by atoms with Crippen molar-refractivity contribution >= 4 is 16.5 Å². The molecule has 1 heterocycles. The van der Waals surface area contributed by atoms with Gasteiger partial charge >= 0.3 is 0 Å². The summed E-state index contributed by atoms with van der Waals surface area (Å²) in [5, 5.41) is 6.57. The number of anilines is 1. The minimum Gasteiger partial charge on any atom is -0.361 e. The molecule has 1 fully saturated rings. The van der Waals surface area contributed by atoms with E-state index in [0.717, 1.165) is 23.3 Å². The Morgan fingerprint density at radius 1 is 1.25 bits per heavy atom. The first kappa shape index (κ1) is 9.85. The fourth-order valence-electron chi connectivity index (χ4n) is 1.65. The molecule has 1 aromatic heterocycles. The first-order valence-corrected chi connectivity index (χ1v) is 6.54. The largest absolute Gasteiger partial charge is 0.361 e. The van der Waals surface area contributed by atoms with Gasteiger partial charge in [-0.15, -0.1) is 11.3 Å². The average molecular weight is 230 g/mol. The van der Waals surface area contributed by atoms with Crippen LogP contribution in [0.15, 0.2) is 35.7 Å². The Labute approximate surface area is 99.4 Å². The van der Waals surface area contributed by atoms with Crippen molar-refractivity contribution in [3.8, 4) is 11.3 Å². The molecule has 16 heavy (non-hydrogen) atoms. The standard InChI is InChI=1S/C13H14N2S/c1-2-4-11(5-3-1)12-9-16-13(15-12)14-8-10-6-7-10/h1-5,9-10H,6-8H2,(H,14,15). The van der Waals surface area contributed by atoms with Crippen LogP contribution in [0.4, 0.5) is 5.13 Å². The Bertz CT molecular complexity index is 460. The Morgan fingerprint density at radius 3 is 2.81 bits per heavy atom. The SMILES string of the molecule is c1ccc(-c2csc(NCC3CC3)n2)cc1. The molecule has 1 N–H and O–H groups in total. The van der Waals surface area contributed by atoms with Crippen molar-refractivity contribution in [2.45, 2.75) is 12.8 Å². The van der Waals surface area contributed by atoms with Gasteiger partial charge in [0.1, 0.15) is 0 Å². The molecule has 0 amide bonds. The van der Waals surface area contributed by atoms with E-state index in [1.165, 1.54) is 18.4 Å². The average Bonchev–Trinajstić information content (AvgIpc) is 3.05. The van der Waals surface area contributed by atoms with E-state index in [1.54, 1.807) is 11.3 Å². The number of nitrogens with one attached hydrogen (secondary N) is 1. The third kappa shape index (κ3) is 2.25. The van der Waals surface area contributed by atoms with Gasteiger partial charge < -0.3 is 5.32 Å². The minimum absolute atomic E-state index is 0.893. The summed E-state index contributed by atoms with van der Waals surface area (Å²) in [6, 6.07) is 10.3. The van der Waals surface area contributed by atoms with Crippen molar-refractivity contribution in [3.05, 3.63) is 35.7 Å². The van der Waals surface area contributed by atoms with E-state index in [4.69, 9.17) is 0 Å². The normalized spacial score (nSPS) is 15.0. The molecule has 0 spiro atoms. The molecular weight excluding hydrogens is 216 g/mol. The van der Waals surface area contributed by atoms with Crippen LogP contribution in [-0.2, 0) is 0 Å². The van der Waals surface area contributed by atoms with E-state index in [1.807, 2.05) is 18.2 Å². The molecule has 1 aliphatic carbocycles. The number of benzene rings is 1. The number of aromatic nitrogens is 1. The van der Waals surface area contributed by atoms with Crippen LogP contribution in [0.2, 0.25) is 0 Å². The predicted molar refractivity (Wildman–Crippen MR) is 68.8 cm³/mol. The van der Waals surface area contributed by atoms with E-state index in [-0.39, 0.29) is 0 Å². The van der Waals surface area contributed by atoms with Crippen LogP contribution < -0.4 is 5.32 Å². The second-order valence-corrected chi connectivity index (χ2v) is 5.09. The summed E-state index contributed by atoms with van der Waals surface area (Å²) < 4.78 is 0. The van der Waals surface area contributed by atoms with E-state index in [2.05, 4.69) is 27.8 Å². The molecule has 0 bridgehead atoms. The molecule has 0 atom stereocenters. The molecule has 0 aliphatic heterocycles. The van der Waals surface area contributed by atoms with Gasteiger partial charge in [-0.1, -0.05) is 30.3 Å². The highest BCUT2D eigenvalue weighted by Gasteiger charge is 2.20. The maximum Gasteiger partial charge on any atom is 0.183 e. The predicted octanol–water partition coefficient (Wildman–Crippen LogP) is 3.63. The summed E-state index contributed by atoms with van der Waals surface area (Å²) in [7, 11) is 0. The zero-order valence-electron chi connectivity index (χ0n) is 9.02. The van der Waals surface area contributed by atoms with Crippen molar-refractivity contribution in [1.29, 1.82) is 0 Å². The summed E-state index contributed by atoms with van der Waals surface area (Å²) in [6.45, 7) is 1.09. The van der Waals surface area contributed by atoms with Crippen molar-refractivity contribution in [1.82, 2.24) is 4.98 Å². The van der Waals surface area contributed by atoms with Crippen molar-refractivity contribution in [2.75, 3.05) is 11.9 Å². The molecule has 1 aromatic carbocycles. The second-order valence-electron chi connectivity index (χ2n) is 4.23. The first-order chi connectivity index (χ1) is 7.92. The van der Waals surface area contributed by atoms with Gasteiger partial charge in [0.2, 0.25) is 0 Å². The zero-order valence-corrected chi connectivity index (χ0v) is 9.83. The van der Waals surface area contributed by atoms with E-state index in [0.29, 0.717) is 0 Å². The van der Waals surface area contributed by atoms with Crippen LogP contribution in [0.1, 0.15) is 12.8 Å². The molecule has 3 rings (SSSR count). The molecule has 82 valence electrons. The topological polar surface area (TPSA) is 24.9 Å². The number of thiazole rings is 1. The van der Waals surface area contributed by atoms with Crippen molar-refractivity contribution in [2.24, 2.45) is 5.92 Å². The van der Waals surface area contributed by atoms with Gasteiger partial charge in [-0.25, -0.2) is 4.98 Å². The summed E-state index contributed by atoms with van der Waals surface area (Å²) >= 11 is 1.69. The second kappa shape index (κ2) is 4.26. The summed E-state index contributed by atoms with van der Waals surface area (Å²) in [5.74, 6) is 0.893. The highest BCUT2D eigenvalue weighted by atomic mass is 32.1. The Morgan fingerprint density at radius 2 is 2.06 bits per heavy atom. The Balaban J connectivity index is 1.71. The van der Waals surface area contributed by atoms with Gasteiger partial charge in [-0.05, 0) is 18.8 Å². The van der Waals surface area contributed by atoms with Gasteiger partial charge in [0.05, 0.1) is 5.69 Å². The Kier molecular flexibility index (Phi) is 2.62. The van der Waals surface area contributed by atoms with Gasteiger partial charge in [0.25, 0.3) is 0 Å². The van der Waals surface area contributed by atoms with Crippen molar-refractivity contribution in [3.63, 3.8) is 0 Å². The van der Waals surface area contributed by atoms with Crippen LogP contribution in [0, 0.1) is 5.92 Å². The third-order valence-corrected chi connectivity index (χ3v) is 3.61. The fraction of sp³-hybridized carbons (Fsp3) is 0.308. The highest BCUT2D eigenvalue weighted by molar-refractivity contribution is 7.14. The maximum atomic E-state index is 4.59. The number of hydrogen-bond donors (Lipinski definition) is 1. The quantitative estimate of drug-likeness (QED) is 0.867. The first-order valence-electron chi connectivity index (χ1n) is 5.66. The smallest absolute Gasteiger partial charge is 0.183 e. The lowest BCUT2D eigenvalue weighted by Crippen LogP contribution is -2.02. The fourth-order valence-corrected chi connectivity index (χ4v) is 2.38.